The Morgan fingerprint density at radius 2 is 2.03 bits per heavy atom. The molecule has 1 fully saturated rings. The molecule has 200 valence electrons. The van der Waals surface area contributed by atoms with Gasteiger partial charge in [0.25, 0.3) is 15.6 Å². The molecule has 0 radical (unpaired) electrons. The van der Waals surface area contributed by atoms with Gasteiger partial charge in [0.05, 0.1) is 22.8 Å². The molecule has 37 heavy (non-hydrogen) atoms. The zero-order valence-corrected chi connectivity index (χ0v) is 22.5. The number of nitrogens with zero attached hydrogens (tertiary/aromatic N) is 4. The molecule has 12 heteroatoms. The van der Waals surface area contributed by atoms with Crippen molar-refractivity contribution in [3.8, 4) is 17.1 Å². The molecule has 11 nitrogen and oxygen atoms in total. The molecule has 1 aliphatic rings. The number of fused-ring (bicyclic) bond motifs is 1. The first-order valence-electron chi connectivity index (χ1n) is 12.6. The summed E-state index contributed by atoms with van der Waals surface area (Å²) in [6.07, 6.45) is 4.14. The van der Waals surface area contributed by atoms with E-state index in [-0.39, 0.29) is 28.7 Å². The molecule has 0 saturated carbocycles. The van der Waals surface area contributed by atoms with Crippen molar-refractivity contribution in [2.45, 2.75) is 63.3 Å². The molecule has 1 saturated heterocycles. The van der Waals surface area contributed by atoms with E-state index in [0.717, 1.165) is 32.2 Å². The summed E-state index contributed by atoms with van der Waals surface area (Å²) < 4.78 is 35.8. The molecule has 3 heterocycles. The Morgan fingerprint density at radius 3 is 2.70 bits per heavy atom. The van der Waals surface area contributed by atoms with Crippen LogP contribution in [0.1, 0.15) is 51.6 Å². The van der Waals surface area contributed by atoms with Gasteiger partial charge < -0.3 is 14.6 Å². The summed E-state index contributed by atoms with van der Waals surface area (Å²) in [7, 11) is -0.544. The topological polar surface area (TPSA) is 139 Å². The highest BCUT2D eigenvalue weighted by molar-refractivity contribution is 7.90. The molecule has 2 aromatic heterocycles. The highest BCUT2D eigenvalue weighted by atomic mass is 32.2. The van der Waals surface area contributed by atoms with Crippen molar-refractivity contribution in [2.75, 3.05) is 20.2 Å². The second kappa shape index (κ2) is 11.0. The Hall–Kier alpha value is -3.25. The predicted octanol–water partition coefficient (Wildman–Crippen LogP) is 2.35. The van der Waals surface area contributed by atoms with Crippen molar-refractivity contribution >= 4 is 27.0 Å². The molecule has 1 aromatic carbocycles. The van der Waals surface area contributed by atoms with Crippen LogP contribution < -0.4 is 15.0 Å². The van der Waals surface area contributed by atoms with E-state index in [4.69, 9.17) is 4.74 Å². The minimum Gasteiger partial charge on any atom is -0.493 e. The van der Waals surface area contributed by atoms with Gasteiger partial charge in [0.15, 0.2) is 5.52 Å². The molecule has 0 spiro atoms. The number of benzene rings is 1. The standard InChI is InChI=1S/C25H34N6O5S/c1-5-8-19-22-23(31(4)28-19)25(33)27-24(26-22)18-15-17(10-11-20(18)36-13-6-2)37(34,35)29-21(32)14-16-9-7-12-30(16)3/h10-11,15-16H,5-9,12-14H2,1-4H3,(H,29,32)(H,26,27,33). The summed E-state index contributed by atoms with van der Waals surface area (Å²) in [5.41, 5.74) is 1.42. The van der Waals surface area contributed by atoms with Crippen LogP contribution in [0, 0.1) is 0 Å². The average molecular weight is 531 g/mol. The van der Waals surface area contributed by atoms with E-state index in [1.54, 1.807) is 7.05 Å². The summed E-state index contributed by atoms with van der Waals surface area (Å²) in [5.74, 6) is -0.00724. The van der Waals surface area contributed by atoms with Crippen molar-refractivity contribution in [1.82, 2.24) is 29.4 Å². The number of sulfonamides is 1. The van der Waals surface area contributed by atoms with Gasteiger partial charge in [0.2, 0.25) is 5.91 Å². The van der Waals surface area contributed by atoms with Crippen molar-refractivity contribution in [1.29, 1.82) is 0 Å². The van der Waals surface area contributed by atoms with Gasteiger partial charge >= 0.3 is 0 Å². The molecule has 0 aliphatic carbocycles. The predicted molar refractivity (Wildman–Crippen MR) is 140 cm³/mol. The Balaban J connectivity index is 1.73. The molecule has 3 aromatic rings. The number of hydrogen-bond acceptors (Lipinski definition) is 8. The maximum Gasteiger partial charge on any atom is 0.277 e. The fourth-order valence-corrected chi connectivity index (χ4v) is 5.70. The van der Waals surface area contributed by atoms with Crippen molar-refractivity contribution in [3.63, 3.8) is 0 Å². The second-order valence-electron chi connectivity index (χ2n) is 9.45. The van der Waals surface area contributed by atoms with Crippen LogP contribution in [0.4, 0.5) is 0 Å². The van der Waals surface area contributed by atoms with Crippen molar-refractivity contribution in [2.24, 2.45) is 7.05 Å². The van der Waals surface area contributed by atoms with Crippen LogP contribution in [0.3, 0.4) is 0 Å². The molecule has 1 unspecified atom stereocenters. The molecular weight excluding hydrogens is 496 g/mol. The van der Waals surface area contributed by atoms with E-state index >= 15 is 0 Å². The van der Waals surface area contributed by atoms with Crippen LogP contribution in [-0.2, 0) is 28.3 Å². The number of aromatic amines is 1. The molecule has 4 rings (SSSR count). The molecule has 0 bridgehead atoms. The van der Waals surface area contributed by atoms with Crippen molar-refractivity contribution in [3.05, 3.63) is 34.2 Å². The number of hydrogen-bond donors (Lipinski definition) is 2. The number of aryl methyl sites for hydroxylation is 2. The number of carbonyl (C=O) groups excluding carboxylic acids is 1. The van der Waals surface area contributed by atoms with E-state index in [2.05, 4.69) is 24.7 Å². The van der Waals surface area contributed by atoms with Crippen LogP contribution in [0.15, 0.2) is 27.9 Å². The maximum atomic E-state index is 13.1. The lowest BCUT2D eigenvalue weighted by molar-refractivity contribution is -0.120. The number of amides is 1. The zero-order chi connectivity index (χ0) is 26.7. The summed E-state index contributed by atoms with van der Waals surface area (Å²) in [6, 6.07) is 4.31. The van der Waals surface area contributed by atoms with Gasteiger partial charge in [0.1, 0.15) is 17.1 Å². The van der Waals surface area contributed by atoms with Gasteiger partial charge in [0, 0.05) is 19.5 Å². The number of nitrogens with one attached hydrogen (secondary N) is 2. The van der Waals surface area contributed by atoms with E-state index in [1.807, 2.05) is 20.9 Å². The van der Waals surface area contributed by atoms with Gasteiger partial charge in [-0.1, -0.05) is 20.3 Å². The Bertz CT molecular complexity index is 1460. The highest BCUT2D eigenvalue weighted by Gasteiger charge is 2.27. The SMILES string of the molecule is CCCOc1ccc(S(=O)(=O)NC(=O)CC2CCCN2C)cc1-c1nc2c(CCC)nn(C)c2c(=O)[nH]1. The number of carbonyl (C=O) groups is 1. The van der Waals surface area contributed by atoms with Gasteiger partial charge in [-0.05, 0) is 57.5 Å². The average Bonchev–Trinajstić information content (AvgIpc) is 3.39. The Kier molecular flexibility index (Phi) is 7.98. The number of likely N-dealkylation sites (tertiary alicyclic amines) is 1. The number of rotatable bonds is 10. The normalized spacial score (nSPS) is 16.4. The molecule has 1 amide bonds. The molecular formula is C25H34N6O5S. The molecule has 1 atom stereocenters. The number of ether oxygens (including phenoxy) is 1. The Labute approximate surface area is 216 Å². The fourth-order valence-electron chi connectivity index (χ4n) is 4.68. The summed E-state index contributed by atoms with van der Waals surface area (Å²) in [4.78, 5) is 34.9. The molecule has 1 aliphatic heterocycles. The third-order valence-corrected chi connectivity index (χ3v) is 7.94. The second-order valence-corrected chi connectivity index (χ2v) is 11.1. The monoisotopic (exact) mass is 530 g/mol. The van der Waals surface area contributed by atoms with E-state index < -0.39 is 15.9 Å². The van der Waals surface area contributed by atoms with Crippen LogP contribution >= 0.6 is 0 Å². The number of aromatic nitrogens is 4. The lowest BCUT2D eigenvalue weighted by Gasteiger charge is -2.19. The third kappa shape index (κ3) is 5.69. The fraction of sp³-hybridized carbons (Fsp3) is 0.520. The Morgan fingerprint density at radius 1 is 1.24 bits per heavy atom. The van der Waals surface area contributed by atoms with E-state index in [9.17, 15) is 18.0 Å². The maximum absolute atomic E-state index is 13.1. The highest BCUT2D eigenvalue weighted by Crippen LogP contribution is 2.31. The first-order valence-corrected chi connectivity index (χ1v) is 14.1. The van der Waals surface area contributed by atoms with Crippen molar-refractivity contribution < 1.29 is 17.9 Å². The van der Waals surface area contributed by atoms with Gasteiger partial charge in [-0.3, -0.25) is 14.3 Å². The zero-order valence-electron chi connectivity index (χ0n) is 21.7. The van der Waals surface area contributed by atoms with Gasteiger partial charge in [-0.2, -0.15) is 5.10 Å². The summed E-state index contributed by atoms with van der Waals surface area (Å²) >= 11 is 0. The lowest BCUT2D eigenvalue weighted by atomic mass is 10.1. The summed E-state index contributed by atoms with van der Waals surface area (Å²) in [5, 5.41) is 4.44. The summed E-state index contributed by atoms with van der Waals surface area (Å²) in [6.45, 7) is 5.25. The molecule has 2 N–H and O–H groups in total. The first-order chi connectivity index (χ1) is 17.6. The smallest absolute Gasteiger partial charge is 0.277 e. The van der Waals surface area contributed by atoms with Crippen LogP contribution in [0.5, 0.6) is 5.75 Å². The minimum atomic E-state index is -4.16. The van der Waals surface area contributed by atoms with Crippen LogP contribution in [-0.4, -0.2) is 65.2 Å². The van der Waals surface area contributed by atoms with E-state index in [0.29, 0.717) is 41.1 Å². The number of H-pyrrole nitrogens is 1. The largest absolute Gasteiger partial charge is 0.493 e. The quantitative estimate of drug-likeness (QED) is 0.407. The van der Waals surface area contributed by atoms with Gasteiger partial charge in [-0.25, -0.2) is 18.1 Å². The lowest BCUT2D eigenvalue weighted by Crippen LogP contribution is -2.36. The van der Waals surface area contributed by atoms with Gasteiger partial charge in [-0.15, -0.1) is 0 Å². The minimum absolute atomic E-state index is 0.0216. The van der Waals surface area contributed by atoms with E-state index in [1.165, 1.54) is 22.9 Å². The van der Waals surface area contributed by atoms with Crippen LogP contribution in [0.25, 0.3) is 22.4 Å². The third-order valence-electron chi connectivity index (χ3n) is 6.57. The first kappa shape index (κ1) is 26.8. The van der Waals surface area contributed by atoms with Crippen LogP contribution in [0.2, 0.25) is 0 Å².